The Hall–Kier alpha value is -0.410. The molecule has 1 aromatic heterocycles. The maximum Gasteiger partial charge on any atom is 0.0928 e. The summed E-state index contributed by atoms with van der Waals surface area (Å²) in [5.74, 6) is 0.764. The number of nitrogens with one attached hydrogen (secondary N) is 1. The van der Waals surface area contributed by atoms with E-state index in [4.69, 9.17) is 0 Å². The van der Waals surface area contributed by atoms with E-state index in [-0.39, 0.29) is 5.54 Å². The summed E-state index contributed by atoms with van der Waals surface area (Å²) in [6.07, 6.45) is 2.36. The van der Waals surface area contributed by atoms with Gasteiger partial charge in [0.05, 0.1) is 10.7 Å². The number of aryl methyl sites for hydroxylation is 1. The molecule has 0 saturated heterocycles. The van der Waals surface area contributed by atoms with Crippen molar-refractivity contribution in [3.05, 3.63) is 16.1 Å². The second-order valence-electron chi connectivity index (χ2n) is 5.77. The molecule has 3 heteroatoms. The van der Waals surface area contributed by atoms with Crippen LogP contribution in [0.1, 0.15) is 51.7 Å². The van der Waals surface area contributed by atoms with E-state index >= 15 is 0 Å². The first-order valence-electron chi connectivity index (χ1n) is 6.05. The Bertz CT molecular complexity index is 310. The summed E-state index contributed by atoms with van der Waals surface area (Å²) in [6.45, 7) is 11.9. The lowest BCUT2D eigenvalue weighted by atomic mass is 10.1. The molecule has 0 spiro atoms. The summed E-state index contributed by atoms with van der Waals surface area (Å²) < 4.78 is 0. The SMILES string of the molecule is CC(C)CCc1nc(CNC(C)(C)C)cs1. The number of rotatable bonds is 5. The average molecular weight is 240 g/mol. The first-order valence-corrected chi connectivity index (χ1v) is 6.93. The Morgan fingerprint density at radius 1 is 1.38 bits per heavy atom. The second kappa shape index (κ2) is 5.78. The van der Waals surface area contributed by atoms with Crippen molar-refractivity contribution < 1.29 is 0 Å². The first-order chi connectivity index (χ1) is 7.37. The standard InChI is InChI=1S/C13H24N2S/c1-10(2)6-7-12-15-11(9-16-12)8-14-13(3,4)5/h9-10,14H,6-8H2,1-5H3. The largest absolute Gasteiger partial charge is 0.306 e. The number of thiazole rings is 1. The van der Waals surface area contributed by atoms with Crippen LogP contribution in [-0.2, 0) is 13.0 Å². The van der Waals surface area contributed by atoms with Crippen LogP contribution in [0.3, 0.4) is 0 Å². The monoisotopic (exact) mass is 240 g/mol. The minimum absolute atomic E-state index is 0.168. The molecule has 0 saturated carbocycles. The van der Waals surface area contributed by atoms with Crippen molar-refractivity contribution >= 4 is 11.3 Å². The Kier molecular flexibility index (Phi) is 4.93. The topological polar surface area (TPSA) is 24.9 Å². The molecule has 0 aliphatic carbocycles. The van der Waals surface area contributed by atoms with Gasteiger partial charge in [-0.15, -0.1) is 11.3 Å². The van der Waals surface area contributed by atoms with E-state index in [2.05, 4.69) is 50.3 Å². The van der Waals surface area contributed by atoms with Gasteiger partial charge in [0.1, 0.15) is 0 Å². The van der Waals surface area contributed by atoms with Gasteiger partial charge in [-0.3, -0.25) is 0 Å². The van der Waals surface area contributed by atoms with Gasteiger partial charge in [0.2, 0.25) is 0 Å². The normalized spacial score (nSPS) is 12.4. The van der Waals surface area contributed by atoms with Crippen molar-refractivity contribution in [1.29, 1.82) is 0 Å². The molecular formula is C13H24N2S. The van der Waals surface area contributed by atoms with Crippen LogP contribution in [0, 0.1) is 5.92 Å². The van der Waals surface area contributed by atoms with Crippen LogP contribution in [0.2, 0.25) is 0 Å². The minimum Gasteiger partial charge on any atom is -0.306 e. The molecule has 16 heavy (non-hydrogen) atoms. The molecule has 0 aliphatic heterocycles. The number of hydrogen-bond donors (Lipinski definition) is 1. The summed E-state index contributed by atoms with van der Waals surface area (Å²) in [6, 6.07) is 0. The highest BCUT2D eigenvalue weighted by atomic mass is 32.1. The fourth-order valence-corrected chi connectivity index (χ4v) is 2.13. The quantitative estimate of drug-likeness (QED) is 0.850. The molecule has 2 nitrogen and oxygen atoms in total. The van der Waals surface area contributed by atoms with Gasteiger partial charge in [-0.25, -0.2) is 4.98 Å². The molecule has 0 bridgehead atoms. The van der Waals surface area contributed by atoms with Gasteiger partial charge in [0.25, 0.3) is 0 Å². The molecule has 1 aromatic rings. The minimum atomic E-state index is 0.168. The zero-order valence-electron chi connectivity index (χ0n) is 11.1. The van der Waals surface area contributed by atoms with E-state index in [0.717, 1.165) is 18.9 Å². The predicted octanol–water partition coefficient (Wildman–Crippen LogP) is 3.62. The van der Waals surface area contributed by atoms with Gasteiger partial charge in [-0.05, 0) is 39.5 Å². The van der Waals surface area contributed by atoms with E-state index < -0.39 is 0 Å². The molecule has 0 amide bonds. The Balaban J connectivity index is 2.39. The van der Waals surface area contributed by atoms with E-state index in [0.29, 0.717) is 0 Å². The fourth-order valence-electron chi connectivity index (χ4n) is 1.31. The summed E-state index contributed by atoms with van der Waals surface area (Å²) >= 11 is 1.79. The van der Waals surface area contributed by atoms with Crippen molar-refractivity contribution in [2.24, 2.45) is 5.92 Å². The van der Waals surface area contributed by atoms with Gasteiger partial charge in [0, 0.05) is 17.5 Å². The highest BCUT2D eigenvalue weighted by molar-refractivity contribution is 7.09. The maximum absolute atomic E-state index is 4.64. The van der Waals surface area contributed by atoms with Gasteiger partial charge in [0.15, 0.2) is 0 Å². The third-order valence-corrected chi connectivity index (χ3v) is 3.29. The predicted molar refractivity (Wildman–Crippen MR) is 71.9 cm³/mol. The number of nitrogens with zero attached hydrogens (tertiary/aromatic N) is 1. The summed E-state index contributed by atoms with van der Waals surface area (Å²) in [7, 11) is 0. The van der Waals surface area contributed by atoms with Gasteiger partial charge >= 0.3 is 0 Å². The molecule has 1 N–H and O–H groups in total. The molecule has 0 radical (unpaired) electrons. The van der Waals surface area contributed by atoms with Crippen LogP contribution in [-0.4, -0.2) is 10.5 Å². The van der Waals surface area contributed by atoms with Crippen LogP contribution in [0.25, 0.3) is 0 Å². The molecule has 1 rings (SSSR count). The van der Waals surface area contributed by atoms with Crippen LogP contribution >= 0.6 is 11.3 Å². The molecule has 0 aromatic carbocycles. The van der Waals surface area contributed by atoms with Crippen LogP contribution < -0.4 is 5.32 Å². The van der Waals surface area contributed by atoms with E-state index in [1.165, 1.54) is 17.1 Å². The van der Waals surface area contributed by atoms with Gasteiger partial charge in [-0.2, -0.15) is 0 Å². The van der Waals surface area contributed by atoms with E-state index in [1.54, 1.807) is 11.3 Å². The summed E-state index contributed by atoms with van der Waals surface area (Å²) in [4.78, 5) is 4.64. The average Bonchev–Trinajstić information content (AvgIpc) is 2.58. The van der Waals surface area contributed by atoms with Gasteiger partial charge in [-0.1, -0.05) is 13.8 Å². The lowest BCUT2D eigenvalue weighted by Gasteiger charge is -2.19. The second-order valence-corrected chi connectivity index (χ2v) is 6.71. The van der Waals surface area contributed by atoms with Crippen molar-refractivity contribution in [2.75, 3.05) is 0 Å². The zero-order chi connectivity index (χ0) is 12.2. The maximum atomic E-state index is 4.64. The Morgan fingerprint density at radius 3 is 2.62 bits per heavy atom. The molecule has 0 atom stereocenters. The zero-order valence-corrected chi connectivity index (χ0v) is 11.9. The molecule has 0 aliphatic rings. The summed E-state index contributed by atoms with van der Waals surface area (Å²) in [5, 5.41) is 6.91. The van der Waals surface area contributed by atoms with Crippen molar-refractivity contribution in [3.63, 3.8) is 0 Å². The molecule has 92 valence electrons. The Morgan fingerprint density at radius 2 is 2.06 bits per heavy atom. The fraction of sp³-hybridized carbons (Fsp3) is 0.769. The van der Waals surface area contributed by atoms with Crippen LogP contribution in [0.4, 0.5) is 0 Å². The number of aromatic nitrogens is 1. The van der Waals surface area contributed by atoms with Crippen molar-refractivity contribution in [2.45, 2.75) is 59.5 Å². The third-order valence-electron chi connectivity index (χ3n) is 2.33. The number of hydrogen-bond acceptors (Lipinski definition) is 3. The van der Waals surface area contributed by atoms with Gasteiger partial charge < -0.3 is 5.32 Å². The highest BCUT2D eigenvalue weighted by Gasteiger charge is 2.10. The highest BCUT2D eigenvalue weighted by Crippen LogP contribution is 2.15. The molecular weight excluding hydrogens is 216 g/mol. The third kappa shape index (κ3) is 5.61. The van der Waals surface area contributed by atoms with Crippen LogP contribution in [0.15, 0.2) is 5.38 Å². The molecule has 0 fully saturated rings. The lowest BCUT2D eigenvalue weighted by Crippen LogP contribution is -2.35. The van der Waals surface area contributed by atoms with E-state index in [9.17, 15) is 0 Å². The van der Waals surface area contributed by atoms with Crippen molar-refractivity contribution in [1.82, 2.24) is 10.3 Å². The van der Waals surface area contributed by atoms with E-state index in [1.807, 2.05) is 0 Å². The smallest absolute Gasteiger partial charge is 0.0928 e. The van der Waals surface area contributed by atoms with Crippen LogP contribution in [0.5, 0.6) is 0 Å². The summed E-state index contributed by atoms with van der Waals surface area (Å²) in [5.41, 5.74) is 1.35. The molecule has 1 heterocycles. The van der Waals surface area contributed by atoms with Crippen molar-refractivity contribution in [3.8, 4) is 0 Å². The molecule has 0 unspecified atom stereocenters. The first kappa shape index (κ1) is 13.7. The lowest BCUT2D eigenvalue weighted by molar-refractivity contribution is 0.421. The Labute approximate surface area is 103 Å².